The van der Waals surface area contributed by atoms with Crippen LogP contribution in [0.2, 0.25) is 0 Å². The lowest BCUT2D eigenvalue weighted by atomic mass is 10.1. The van der Waals surface area contributed by atoms with Gasteiger partial charge in [-0.15, -0.1) is 0 Å². The molecule has 3 heteroatoms. The average Bonchev–Trinajstić information content (AvgIpc) is 2.35. The summed E-state index contributed by atoms with van der Waals surface area (Å²) in [5.41, 5.74) is 0. The van der Waals surface area contributed by atoms with E-state index in [0.717, 1.165) is 12.6 Å². The van der Waals surface area contributed by atoms with Crippen LogP contribution >= 0.6 is 0 Å². The van der Waals surface area contributed by atoms with E-state index in [1.165, 1.54) is 51.9 Å². The maximum atomic E-state index is 3.59. The Morgan fingerprint density at radius 2 is 2.11 bits per heavy atom. The van der Waals surface area contributed by atoms with Crippen LogP contribution in [0.15, 0.2) is 0 Å². The molecule has 0 radical (unpaired) electrons. The summed E-state index contributed by atoms with van der Waals surface area (Å²) in [6, 6.07) is 1.42. The number of likely N-dealkylation sites (tertiary alicyclic amines) is 1. The van der Waals surface area contributed by atoms with Crippen molar-refractivity contribution < 1.29 is 0 Å². The highest BCUT2D eigenvalue weighted by Crippen LogP contribution is 2.11. The van der Waals surface area contributed by atoms with E-state index >= 15 is 0 Å². The van der Waals surface area contributed by atoms with E-state index in [9.17, 15) is 0 Å². The maximum Gasteiger partial charge on any atom is 0.0195 e. The minimum atomic E-state index is 0.679. The van der Waals surface area contributed by atoms with Gasteiger partial charge in [0, 0.05) is 18.6 Å². The number of nitrogens with zero attached hydrogens (tertiary/aromatic N) is 2. The van der Waals surface area contributed by atoms with Gasteiger partial charge in [-0.25, -0.2) is 0 Å². The third-order valence-electron chi connectivity index (χ3n) is 4.12. The largest absolute Gasteiger partial charge is 0.313 e. The van der Waals surface area contributed by atoms with Gasteiger partial charge >= 0.3 is 0 Å². The molecule has 0 spiro atoms. The number of hydrogen-bond donors (Lipinski definition) is 1. The molecule has 1 fully saturated rings. The smallest absolute Gasteiger partial charge is 0.0195 e. The van der Waals surface area contributed by atoms with Crippen LogP contribution in [0.1, 0.15) is 46.5 Å². The Morgan fingerprint density at radius 1 is 1.33 bits per heavy atom. The summed E-state index contributed by atoms with van der Waals surface area (Å²) in [5, 5.41) is 3.59. The van der Waals surface area contributed by atoms with Gasteiger partial charge in [0.1, 0.15) is 0 Å². The summed E-state index contributed by atoms with van der Waals surface area (Å²) in [6.07, 6.45) is 5.40. The molecular weight excluding hydrogens is 222 g/mol. The van der Waals surface area contributed by atoms with E-state index in [1.54, 1.807) is 0 Å². The van der Waals surface area contributed by atoms with Gasteiger partial charge in [0.05, 0.1) is 0 Å². The van der Waals surface area contributed by atoms with E-state index in [1.807, 2.05) is 0 Å². The Kier molecular flexibility index (Phi) is 7.87. The molecule has 1 aliphatic heterocycles. The Morgan fingerprint density at radius 3 is 2.78 bits per heavy atom. The molecule has 0 saturated carbocycles. The minimum absolute atomic E-state index is 0.679. The molecule has 1 aliphatic rings. The molecule has 1 atom stereocenters. The van der Waals surface area contributed by atoms with Crippen molar-refractivity contribution in [3.63, 3.8) is 0 Å². The SMILES string of the molecule is CCNC1CCCN(CCCCN(C)C(C)C)C1. The number of piperidine rings is 1. The van der Waals surface area contributed by atoms with Gasteiger partial charge in [0.2, 0.25) is 0 Å². The standard InChI is InChI=1S/C15H33N3/c1-5-16-15-9-8-12-18(13-15)11-7-6-10-17(4)14(2)3/h14-16H,5-13H2,1-4H3. The van der Waals surface area contributed by atoms with Gasteiger partial charge in [-0.3, -0.25) is 0 Å². The van der Waals surface area contributed by atoms with Crippen LogP contribution in [0.25, 0.3) is 0 Å². The minimum Gasteiger partial charge on any atom is -0.313 e. The van der Waals surface area contributed by atoms with Crippen LogP contribution in [0.5, 0.6) is 0 Å². The molecule has 0 aliphatic carbocycles. The molecule has 1 saturated heterocycles. The Labute approximate surface area is 114 Å². The zero-order chi connectivity index (χ0) is 13.4. The number of nitrogens with one attached hydrogen (secondary N) is 1. The first-order valence-corrected chi connectivity index (χ1v) is 7.79. The lowest BCUT2D eigenvalue weighted by Crippen LogP contribution is -2.45. The fraction of sp³-hybridized carbons (Fsp3) is 1.00. The quantitative estimate of drug-likeness (QED) is 0.671. The summed E-state index contributed by atoms with van der Waals surface area (Å²) < 4.78 is 0. The monoisotopic (exact) mass is 255 g/mol. The zero-order valence-electron chi connectivity index (χ0n) is 12.9. The predicted octanol–water partition coefficient (Wildman–Crippen LogP) is 2.18. The molecule has 0 bridgehead atoms. The van der Waals surface area contributed by atoms with E-state index < -0.39 is 0 Å². The van der Waals surface area contributed by atoms with Gasteiger partial charge in [-0.1, -0.05) is 6.92 Å². The third-order valence-corrected chi connectivity index (χ3v) is 4.12. The molecule has 108 valence electrons. The second-order valence-electron chi connectivity index (χ2n) is 5.98. The van der Waals surface area contributed by atoms with Crippen molar-refractivity contribution in [1.82, 2.24) is 15.1 Å². The third kappa shape index (κ3) is 6.17. The molecule has 1 heterocycles. The number of rotatable bonds is 8. The van der Waals surface area contributed by atoms with Crippen molar-refractivity contribution in [2.45, 2.75) is 58.5 Å². The molecule has 0 aromatic rings. The molecule has 1 N–H and O–H groups in total. The lowest BCUT2D eigenvalue weighted by Gasteiger charge is -2.33. The Balaban J connectivity index is 2.08. The highest BCUT2D eigenvalue weighted by molar-refractivity contribution is 4.77. The lowest BCUT2D eigenvalue weighted by molar-refractivity contribution is 0.184. The molecule has 1 unspecified atom stereocenters. The van der Waals surface area contributed by atoms with Gasteiger partial charge in [0.25, 0.3) is 0 Å². The Bertz CT molecular complexity index is 204. The molecule has 0 aromatic carbocycles. The van der Waals surface area contributed by atoms with Crippen molar-refractivity contribution in [3.05, 3.63) is 0 Å². The first kappa shape index (κ1) is 15.9. The highest BCUT2D eigenvalue weighted by atomic mass is 15.2. The van der Waals surface area contributed by atoms with Gasteiger partial charge < -0.3 is 15.1 Å². The van der Waals surface area contributed by atoms with Gasteiger partial charge in [-0.2, -0.15) is 0 Å². The van der Waals surface area contributed by atoms with E-state index in [2.05, 4.69) is 42.9 Å². The zero-order valence-corrected chi connectivity index (χ0v) is 12.9. The molecule has 0 amide bonds. The van der Waals surface area contributed by atoms with Crippen molar-refractivity contribution in [2.24, 2.45) is 0 Å². The van der Waals surface area contributed by atoms with Crippen LogP contribution < -0.4 is 5.32 Å². The second-order valence-corrected chi connectivity index (χ2v) is 5.98. The normalized spacial score (nSPS) is 22.0. The van der Waals surface area contributed by atoms with Crippen molar-refractivity contribution >= 4 is 0 Å². The van der Waals surface area contributed by atoms with Crippen LogP contribution in [0, 0.1) is 0 Å². The first-order chi connectivity index (χ1) is 8.63. The van der Waals surface area contributed by atoms with Crippen LogP contribution in [-0.2, 0) is 0 Å². The average molecular weight is 255 g/mol. The van der Waals surface area contributed by atoms with Crippen LogP contribution in [-0.4, -0.2) is 61.7 Å². The van der Waals surface area contributed by atoms with Crippen LogP contribution in [0.3, 0.4) is 0 Å². The molecular formula is C15H33N3. The highest BCUT2D eigenvalue weighted by Gasteiger charge is 2.18. The second kappa shape index (κ2) is 8.89. The Hall–Kier alpha value is -0.120. The van der Waals surface area contributed by atoms with Gasteiger partial charge in [-0.05, 0) is 72.8 Å². The summed E-state index contributed by atoms with van der Waals surface area (Å²) in [4.78, 5) is 5.09. The van der Waals surface area contributed by atoms with E-state index in [-0.39, 0.29) is 0 Å². The fourth-order valence-corrected chi connectivity index (χ4v) is 2.67. The van der Waals surface area contributed by atoms with Crippen LogP contribution in [0.4, 0.5) is 0 Å². The van der Waals surface area contributed by atoms with E-state index in [4.69, 9.17) is 0 Å². The summed E-state index contributed by atoms with van der Waals surface area (Å²) in [7, 11) is 2.23. The molecule has 18 heavy (non-hydrogen) atoms. The first-order valence-electron chi connectivity index (χ1n) is 7.79. The number of hydrogen-bond acceptors (Lipinski definition) is 3. The fourth-order valence-electron chi connectivity index (χ4n) is 2.67. The topological polar surface area (TPSA) is 18.5 Å². The maximum absolute atomic E-state index is 3.59. The van der Waals surface area contributed by atoms with Crippen molar-refractivity contribution in [1.29, 1.82) is 0 Å². The van der Waals surface area contributed by atoms with Gasteiger partial charge in [0.15, 0.2) is 0 Å². The molecule has 1 rings (SSSR count). The predicted molar refractivity (Wildman–Crippen MR) is 80.1 cm³/mol. The molecule has 0 aromatic heterocycles. The summed E-state index contributed by atoms with van der Waals surface area (Å²) >= 11 is 0. The summed E-state index contributed by atoms with van der Waals surface area (Å²) in [5.74, 6) is 0. The number of likely N-dealkylation sites (N-methyl/N-ethyl adjacent to an activating group) is 1. The number of unbranched alkanes of at least 4 members (excludes halogenated alkanes) is 1. The van der Waals surface area contributed by atoms with Crippen molar-refractivity contribution in [3.8, 4) is 0 Å². The van der Waals surface area contributed by atoms with Crippen molar-refractivity contribution in [2.75, 3.05) is 39.8 Å². The van der Waals surface area contributed by atoms with E-state index in [0.29, 0.717) is 6.04 Å². The molecule has 3 nitrogen and oxygen atoms in total. The summed E-state index contributed by atoms with van der Waals surface area (Å²) in [6.45, 7) is 12.9.